The van der Waals surface area contributed by atoms with Crippen LogP contribution in [0, 0.1) is 13.8 Å². The molecule has 0 radical (unpaired) electrons. The summed E-state index contributed by atoms with van der Waals surface area (Å²) in [5.41, 5.74) is 6.01. The van der Waals surface area contributed by atoms with Crippen molar-refractivity contribution in [1.82, 2.24) is 9.80 Å². The Morgan fingerprint density at radius 1 is 1.11 bits per heavy atom. The number of carbonyl (C=O) groups excluding carboxylic acids is 1. The minimum atomic E-state index is 0.200. The van der Waals surface area contributed by atoms with Crippen LogP contribution in [0.1, 0.15) is 39.0 Å². The van der Waals surface area contributed by atoms with E-state index in [4.69, 9.17) is 0 Å². The summed E-state index contributed by atoms with van der Waals surface area (Å²) < 4.78 is 1.37. The Bertz CT molecular complexity index is 1010. The summed E-state index contributed by atoms with van der Waals surface area (Å²) in [5.74, 6) is 0.200. The van der Waals surface area contributed by atoms with E-state index in [0.717, 1.165) is 44.6 Å². The zero-order valence-electron chi connectivity index (χ0n) is 17.0. The molecule has 2 heterocycles. The second kappa shape index (κ2) is 8.06. The number of thiophene rings is 1. The smallest absolute Gasteiger partial charge is 0.254 e. The average molecular weight is 393 g/mol. The molecule has 0 saturated carbocycles. The van der Waals surface area contributed by atoms with Gasteiger partial charge in [0.05, 0.1) is 0 Å². The molecule has 28 heavy (non-hydrogen) atoms. The van der Waals surface area contributed by atoms with E-state index in [1.165, 1.54) is 32.3 Å². The molecule has 0 bridgehead atoms. The predicted molar refractivity (Wildman–Crippen MR) is 118 cm³/mol. The van der Waals surface area contributed by atoms with Gasteiger partial charge in [-0.2, -0.15) is 0 Å². The molecule has 1 amide bonds. The fraction of sp³-hybridized carbons (Fsp3) is 0.375. The Balaban J connectivity index is 1.26. The summed E-state index contributed by atoms with van der Waals surface area (Å²) in [6.45, 7) is 7.86. The van der Waals surface area contributed by atoms with E-state index in [9.17, 15) is 4.79 Å². The molecule has 146 valence electrons. The maximum Gasteiger partial charge on any atom is 0.254 e. The van der Waals surface area contributed by atoms with Gasteiger partial charge in [0.1, 0.15) is 0 Å². The lowest BCUT2D eigenvalue weighted by Crippen LogP contribution is -2.29. The van der Waals surface area contributed by atoms with Gasteiger partial charge in [-0.3, -0.25) is 4.79 Å². The lowest BCUT2D eigenvalue weighted by atomic mass is 10.0. The Hall–Kier alpha value is -2.17. The van der Waals surface area contributed by atoms with Crippen molar-refractivity contribution in [3.05, 3.63) is 69.6 Å². The zero-order chi connectivity index (χ0) is 19.7. The lowest BCUT2D eigenvalue weighted by molar-refractivity contribution is 0.0772. The van der Waals surface area contributed by atoms with Crippen molar-refractivity contribution < 1.29 is 4.79 Å². The summed E-state index contributed by atoms with van der Waals surface area (Å²) in [7, 11) is 2.18. The van der Waals surface area contributed by atoms with Gasteiger partial charge >= 0.3 is 0 Å². The van der Waals surface area contributed by atoms with E-state index >= 15 is 0 Å². The molecule has 0 spiro atoms. The van der Waals surface area contributed by atoms with Crippen molar-refractivity contribution >= 4 is 27.3 Å². The van der Waals surface area contributed by atoms with Gasteiger partial charge in [-0.1, -0.05) is 24.3 Å². The van der Waals surface area contributed by atoms with Crippen LogP contribution in [0.25, 0.3) is 10.1 Å². The van der Waals surface area contributed by atoms with Crippen molar-refractivity contribution in [2.24, 2.45) is 0 Å². The first-order valence-electron chi connectivity index (χ1n) is 10.1. The molecule has 0 N–H and O–H groups in total. The first-order chi connectivity index (χ1) is 13.5. The molecule has 4 rings (SSSR count). The molecule has 0 saturated heterocycles. The highest BCUT2D eigenvalue weighted by molar-refractivity contribution is 7.17. The number of benzene rings is 2. The summed E-state index contributed by atoms with van der Waals surface area (Å²) in [6.07, 6.45) is 2.09. The third-order valence-electron chi connectivity index (χ3n) is 5.89. The number of hydrogen-bond donors (Lipinski definition) is 0. The number of hydrogen-bond acceptors (Lipinski definition) is 3. The molecule has 1 aromatic heterocycles. The van der Waals surface area contributed by atoms with Crippen LogP contribution < -0.4 is 0 Å². The van der Waals surface area contributed by atoms with Crippen molar-refractivity contribution in [2.45, 2.75) is 33.2 Å². The second-order valence-electron chi connectivity index (χ2n) is 7.98. The maximum atomic E-state index is 12.7. The number of amides is 1. The van der Waals surface area contributed by atoms with E-state index < -0.39 is 0 Å². The minimum absolute atomic E-state index is 0.200. The molecule has 4 heteroatoms. The molecule has 0 fully saturated rings. The second-order valence-corrected chi connectivity index (χ2v) is 8.90. The van der Waals surface area contributed by atoms with Crippen LogP contribution in [-0.4, -0.2) is 42.4 Å². The Morgan fingerprint density at radius 2 is 1.89 bits per heavy atom. The summed E-state index contributed by atoms with van der Waals surface area (Å²) in [5, 5.41) is 3.69. The largest absolute Gasteiger partial charge is 0.334 e. The number of aryl methyl sites for hydroxylation is 2. The summed E-state index contributed by atoms with van der Waals surface area (Å²) >= 11 is 1.83. The molecule has 0 atom stereocenters. The number of likely N-dealkylation sites (N-methyl/N-ethyl adjacent to an activating group) is 1. The Labute approximate surface area is 171 Å². The van der Waals surface area contributed by atoms with Crippen molar-refractivity contribution in [2.75, 3.05) is 26.7 Å². The molecule has 3 aromatic rings. The maximum absolute atomic E-state index is 12.7. The van der Waals surface area contributed by atoms with Crippen LogP contribution in [0.5, 0.6) is 0 Å². The normalized spacial score (nSPS) is 13.7. The topological polar surface area (TPSA) is 23.6 Å². The molecule has 2 aromatic carbocycles. The highest BCUT2D eigenvalue weighted by Crippen LogP contribution is 2.27. The monoisotopic (exact) mass is 392 g/mol. The van der Waals surface area contributed by atoms with Gasteiger partial charge in [-0.05, 0) is 85.4 Å². The third kappa shape index (κ3) is 3.85. The van der Waals surface area contributed by atoms with Gasteiger partial charge in [0, 0.05) is 29.9 Å². The highest BCUT2D eigenvalue weighted by atomic mass is 32.1. The Morgan fingerprint density at radius 3 is 2.75 bits per heavy atom. The fourth-order valence-corrected chi connectivity index (χ4v) is 5.01. The third-order valence-corrected chi connectivity index (χ3v) is 6.90. The van der Waals surface area contributed by atoms with Crippen LogP contribution in [-0.2, 0) is 13.0 Å². The van der Waals surface area contributed by atoms with Crippen LogP contribution in [0.4, 0.5) is 0 Å². The van der Waals surface area contributed by atoms with E-state index in [-0.39, 0.29) is 5.91 Å². The van der Waals surface area contributed by atoms with Crippen LogP contribution in [0.3, 0.4) is 0 Å². The SMILES string of the molecule is Cc1cc2c(cc1C)C(=O)N(CCCN(C)CCc1csc3ccccc13)C2. The number of carbonyl (C=O) groups is 1. The summed E-state index contributed by atoms with van der Waals surface area (Å²) in [4.78, 5) is 17.0. The highest BCUT2D eigenvalue weighted by Gasteiger charge is 2.27. The number of nitrogens with zero attached hydrogens (tertiary/aromatic N) is 2. The van der Waals surface area contributed by atoms with E-state index in [0.29, 0.717) is 0 Å². The standard InChI is InChI=1S/C24H28N2OS/c1-17-13-20-15-26(24(27)22(20)14-18(17)2)11-6-10-25(3)12-9-19-16-28-23-8-5-4-7-21(19)23/h4-5,7-8,13-14,16H,6,9-12,15H2,1-3H3. The van der Waals surface area contributed by atoms with Crippen LogP contribution in [0.15, 0.2) is 41.8 Å². The van der Waals surface area contributed by atoms with Gasteiger partial charge in [-0.15, -0.1) is 11.3 Å². The predicted octanol–water partition coefficient (Wildman–Crippen LogP) is 5.04. The minimum Gasteiger partial charge on any atom is -0.334 e. The van der Waals surface area contributed by atoms with Crippen molar-refractivity contribution in [3.8, 4) is 0 Å². The van der Waals surface area contributed by atoms with Crippen molar-refractivity contribution in [1.29, 1.82) is 0 Å². The van der Waals surface area contributed by atoms with Gasteiger partial charge in [0.15, 0.2) is 0 Å². The van der Waals surface area contributed by atoms with Gasteiger partial charge < -0.3 is 9.80 Å². The molecule has 1 aliphatic rings. The molecule has 3 nitrogen and oxygen atoms in total. The molecule has 1 aliphatic heterocycles. The van der Waals surface area contributed by atoms with E-state index in [1.54, 1.807) is 0 Å². The van der Waals surface area contributed by atoms with Crippen LogP contribution in [0.2, 0.25) is 0 Å². The van der Waals surface area contributed by atoms with Crippen LogP contribution >= 0.6 is 11.3 Å². The molecule has 0 aliphatic carbocycles. The average Bonchev–Trinajstić information content (AvgIpc) is 3.23. The fourth-order valence-electron chi connectivity index (χ4n) is 4.02. The van der Waals surface area contributed by atoms with Gasteiger partial charge in [0.25, 0.3) is 5.91 Å². The number of fused-ring (bicyclic) bond motifs is 2. The van der Waals surface area contributed by atoms with Crippen molar-refractivity contribution in [3.63, 3.8) is 0 Å². The quantitative estimate of drug-likeness (QED) is 0.562. The first kappa shape index (κ1) is 19.2. The zero-order valence-corrected chi connectivity index (χ0v) is 17.8. The van der Waals surface area contributed by atoms with E-state index in [1.807, 2.05) is 16.2 Å². The van der Waals surface area contributed by atoms with Gasteiger partial charge in [-0.25, -0.2) is 0 Å². The lowest BCUT2D eigenvalue weighted by Gasteiger charge is -2.20. The van der Waals surface area contributed by atoms with E-state index in [2.05, 4.69) is 67.6 Å². The van der Waals surface area contributed by atoms with Gasteiger partial charge in [0.2, 0.25) is 0 Å². The Kier molecular flexibility index (Phi) is 5.51. The number of rotatable bonds is 7. The molecule has 0 unspecified atom stereocenters. The molecular weight excluding hydrogens is 364 g/mol. The summed E-state index contributed by atoms with van der Waals surface area (Å²) in [6, 6.07) is 12.9. The first-order valence-corrected chi connectivity index (χ1v) is 10.9. The molecular formula is C24H28N2OS.